The number of carbonyl (C=O) groups is 2. The average molecular weight is 336 g/mol. The van der Waals surface area contributed by atoms with Crippen LogP contribution < -0.4 is 0 Å². The van der Waals surface area contributed by atoms with Gasteiger partial charge in [0.1, 0.15) is 6.10 Å². The maximum atomic E-state index is 11.6. The predicted octanol–water partition coefficient (Wildman–Crippen LogP) is 4.59. The van der Waals surface area contributed by atoms with E-state index >= 15 is 0 Å². The molecular formula is C18H24O6. The molecule has 0 amide bonds. The highest BCUT2D eigenvalue weighted by atomic mass is 17.5. The fourth-order valence-corrected chi connectivity index (χ4v) is 2.88. The molecule has 0 heterocycles. The van der Waals surface area contributed by atoms with E-state index in [-0.39, 0.29) is 6.10 Å². The number of carbonyl (C=O) groups excluding carboxylic acids is 2. The van der Waals surface area contributed by atoms with E-state index in [2.05, 4.69) is 21.7 Å². The van der Waals surface area contributed by atoms with Gasteiger partial charge in [0.25, 0.3) is 0 Å². The second kappa shape index (κ2) is 9.93. The number of hydrogen-bond acceptors (Lipinski definition) is 6. The molecule has 1 aromatic rings. The Bertz CT molecular complexity index is 508. The average Bonchev–Trinajstić information content (AvgIpc) is 2.62. The van der Waals surface area contributed by atoms with Crippen molar-refractivity contribution in [1.82, 2.24) is 0 Å². The summed E-state index contributed by atoms with van der Waals surface area (Å²) in [6, 6.07) is 8.25. The molecule has 0 unspecified atom stereocenters. The van der Waals surface area contributed by atoms with Crippen molar-refractivity contribution in [2.45, 2.75) is 58.0 Å². The first-order valence-electron chi connectivity index (χ1n) is 8.50. The summed E-state index contributed by atoms with van der Waals surface area (Å²) in [7, 11) is 0. The van der Waals surface area contributed by atoms with Crippen molar-refractivity contribution in [3.05, 3.63) is 35.9 Å². The second-order valence-electron chi connectivity index (χ2n) is 6.04. The van der Waals surface area contributed by atoms with Crippen LogP contribution in [0.15, 0.2) is 30.3 Å². The zero-order valence-corrected chi connectivity index (χ0v) is 13.9. The van der Waals surface area contributed by atoms with Gasteiger partial charge in [-0.05, 0) is 43.7 Å². The lowest BCUT2D eigenvalue weighted by Crippen LogP contribution is -2.25. The molecule has 1 fully saturated rings. The van der Waals surface area contributed by atoms with Crippen LogP contribution in [0.5, 0.6) is 0 Å². The van der Waals surface area contributed by atoms with Crippen LogP contribution in [0.3, 0.4) is 0 Å². The van der Waals surface area contributed by atoms with Crippen LogP contribution in [0.2, 0.25) is 0 Å². The van der Waals surface area contributed by atoms with Crippen LogP contribution in [0, 0.1) is 5.92 Å². The van der Waals surface area contributed by atoms with Crippen LogP contribution in [0.25, 0.3) is 0 Å². The van der Waals surface area contributed by atoms with E-state index in [9.17, 15) is 9.59 Å². The highest BCUT2D eigenvalue weighted by molar-refractivity contribution is 5.88. The molecule has 1 saturated carbocycles. The van der Waals surface area contributed by atoms with Crippen LogP contribution in [-0.2, 0) is 19.6 Å². The van der Waals surface area contributed by atoms with Gasteiger partial charge in [-0.25, -0.2) is 14.5 Å². The van der Waals surface area contributed by atoms with Gasteiger partial charge in [-0.3, -0.25) is 4.89 Å². The summed E-state index contributed by atoms with van der Waals surface area (Å²) in [6.07, 6.45) is 6.31. The maximum Gasteiger partial charge on any atom is 0.543 e. The van der Waals surface area contributed by atoms with E-state index in [0.717, 1.165) is 31.6 Å². The molecule has 6 nitrogen and oxygen atoms in total. The Hall–Kier alpha value is -2.08. The molecule has 0 aliphatic heterocycles. The molecule has 1 aromatic carbocycles. The Morgan fingerprint density at radius 3 is 2.42 bits per heavy atom. The van der Waals surface area contributed by atoms with E-state index in [1.54, 1.807) is 30.3 Å². The van der Waals surface area contributed by atoms with Gasteiger partial charge in [0.05, 0.1) is 10.6 Å². The van der Waals surface area contributed by atoms with Crippen LogP contribution in [-0.4, -0.2) is 18.2 Å². The Labute approximate surface area is 141 Å². The molecule has 2 rings (SSSR count). The molecule has 0 atom stereocenters. The third-order valence-electron chi connectivity index (χ3n) is 4.24. The molecule has 0 N–H and O–H groups in total. The zero-order chi connectivity index (χ0) is 17.2. The summed E-state index contributed by atoms with van der Waals surface area (Å²) in [5.74, 6) is -0.0243. The van der Waals surface area contributed by atoms with Crippen molar-refractivity contribution in [2.24, 2.45) is 5.92 Å². The quantitative estimate of drug-likeness (QED) is 0.412. The van der Waals surface area contributed by atoms with Gasteiger partial charge in [-0.2, -0.15) is 0 Å². The summed E-state index contributed by atoms with van der Waals surface area (Å²) < 4.78 is 5.15. The van der Waals surface area contributed by atoms with Gasteiger partial charge < -0.3 is 4.74 Å². The van der Waals surface area contributed by atoms with Crippen molar-refractivity contribution in [3.8, 4) is 0 Å². The number of unbranched alkanes of at least 4 members (excludes halogenated alkanes) is 1. The van der Waals surface area contributed by atoms with Crippen molar-refractivity contribution in [1.29, 1.82) is 0 Å². The largest absolute Gasteiger partial charge is 0.543 e. The highest BCUT2D eigenvalue weighted by Gasteiger charge is 2.24. The van der Waals surface area contributed by atoms with Gasteiger partial charge >= 0.3 is 12.1 Å². The summed E-state index contributed by atoms with van der Waals surface area (Å²) in [5, 5.41) is 4.20. The van der Waals surface area contributed by atoms with Gasteiger partial charge in [0, 0.05) is 0 Å². The lowest BCUT2D eigenvalue weighted by molar-refractivity contribution is -0.453. The van der Waals surface area contributed by atoms with Gasteiger partial charge in [0.15, 0.2) is 0 Å². The SMILES string of the molecule is CCCCC1CCC(OC(=O)OOOC(=O)c2ccccc2)CC1. The highest BCUT2D eigenvalue weighted by Crippen LogP contribution is 2.29. The van der Waals surface area contributed by atoms with E-state index < -0.39 is 12.1 Å². The lowest BCUT2D eigenvalue weighted by Gasteiger charge is -2.27. The van der Waals surface area contributed by atoms with Crippen LogP contribution >= 0.6 is 0 Å². The smallest absolute Gasteiger partial charge is 0.429 e. The predicted molar refractivity (Wildman–Crippen MR) is 85.8 cm³/mol. The molecule has 132 valence electrons. The van der Waals surface area contributed by atoms with Gasteiger partial charge in [-0.15, -0.1) is 0 Å². The van der Waals surface area contributed by atoms with E-state index in [4.69, 9.17) is 4.74 Å². The number of ether oxygens (including phenoxy) is 1. The standard InChI is InChI=1S/C18H24O6/c1-2-3-7-14-10-12-16(13-11-14)21-18(20)23-24-22-17(19)15-8-5-4-6-9-15/h4-6,8-9,14,16H,2-3,7,10-13H2,1H3. The van der Waals surface area contributed by atoms with Crippen LogP contribution in [0.1, 0.15) is 62.2 Å². The van der Waals surface area contributed by atoms with E-state index in [0.29, 0.717) is 5.56 Å². The molecule has 0 bridgehead atoms. The fraction of sp³-hybridized carbons (Fsp3) is 0.556. The monoisotopic (exact) mass is 336 g/mol. The zero-order valence-electron chi connectivity index (χ0n) is 13.9. The molecule has 0 saturated heterocycles. The third kappa shape index (κ3) is 6.20. The van der Waals surface area contributed by atoms with E-state index in [1.807, 2.05) is 0 Å². The van der Waals surface area contributed by atoms with Crippen molar-refractivity contribution in [3.63, 3.8) is 0 Å². The van der Waals surface area contributed by atoms with Crippen molar-refractivity contribution >= 4 is 12.1 Å². The number of benzene rings is 1. The molecular weight excluding hydrogens is 312 g/mol. The van der Waals surface area contributed by atoms with Crippen molar-refractivity contribution < 1.29 is 29.1 Å². The molecule has 1 aliphatic carbocycles. The van der Waals surface area contributed by atoms with Crippen LogP contribution in [0.4, 0.5) is 4.79 Å². The molecule has 6 heteroatoms. The fourth-order valence-electron chi connectivity index (χ4n) is 2.88. The van der Waals surface area contributed by atoms with E-state index in [1.165, 1.54) is 19.3 Å². The Morgan fingerprint density at radius 2 is 1.75 bits per heavy atom. The second-order valence-corrected chi connectivity index (χ2v) is 6.04. The molecule has 0 aromatic heterocycles. The molecule has 0 radical (unpaired) electrons. The summed E-state index contributed by atoms with van der Waals surface area (Å²) >= 11 is 0. The van der Waals surface area contributed by atoms with Gasteiger partial charge in [-0.1, -0.05) is 44.4 Å². The topological polar surface area (TPSA) is 71.1 Å². The van der Waals surface area contributed by atoms with Crippen molar-refractivity contribution in [2.75, 3.05) is 0 Å². The van der Waals surface area contributed by atoms with Gasteiger partial charge in [0.2, 0.25) is 0 Å². The Kier molecular flexibility index (Phi) is 7.55. The molecule has 0 spiro atoms. The molecule has 1 aliphatic rings. The Balaban J connectivity index is 1.59. The first kappa shape index (κ1) is 18.3. The summed E-state index contributed by atoms with van der Waals surface area (Å²) in [5.41, 5.74) is 0.292. The maximum absolute atomic E-state index is 11.6. The third-order valence-corrected chi connectivity index (χ3v) is 4.24. The minimum Gasteiger partial charge on any atom is -0.429 e. The Morgan fingerprint density at radius 1 is 1.04 bits per heavy atom. The molecule has 24 heavy (non-hydrogen) atoms. The lowest BCUT2D eigenvalue weighted by atomic mass is 9.84. The number of hydrogen-bond donors (Lipinski definition) is 0. The first-order chi connectivity index (χ1) is 11.7. The summed E-state index contributed by atoms with van der Waals surface area (Å²) in [6.45, 7) is 2.19. The number of rotatable bonds is 7. The first-order valence-corrected chi connectivity index (χ1v) is 8.50. The summed E-state index contributed by atoms with van der Waals surface area (Å²) in [4.78, 5) is 31.8. The minimum atomic E-state index is -0.993. The normalized spacial score (nSPS) is 20.2. The minimum absolute atomic E-state index is 0.163.